The third-order valence-corrected chi connectivity index (χ3v) is 4.51. The van der Waals surface area contributed by atoms with E-state index in [-0.39, 0.29) is 12.2 Å². The molecule has 1 saturated heterocycles. The summed E-state index contributed by atoms with van der Waals surface area (Å²) in [5.41, 5.74) is 1.54. The largest absolute Gasteiger partial charge is 0.493 e. The summed E-state index contributed by atoms with van der Waals surface area (Å²) in [7, 11) is 1.44. The number of imide groups is 2. The van der Waals surface area contributed by atoms with Gasteiger partial charge in [0.05, 0.1) is 12.8 Å². The predicted octanol–water partition coefficient (Wildman–Crippen LogP) is 2.83. The molecule has 0 bridgehead atoms. The third-order valence-electron chi connectivity index (χ3n) is 4.51. The molecule has 0 radical (unpaired) electrons. The van der Waals surface area contributed by atoms with Crippen molar-refractivity contribution < 1.29 is 23.9 Å². The zero-order valence-corrected chi connectivity index (χ0v) is 16.5. The van der Waals surface area contributed by atoms with Crippen LogP contribution in [0.2, 0.25) is 0 Å². The molecular formula is C22H19N3O5. The standard InChI is InChI=1S/C22H19N3O5/c1-3-15-6-4-5-7-17(15)25-21(27)16(20(26)24-22(25)28)12-14-8-9-18(30-11-10-23)19(13-14)29-2/h4-9,12-13H,3,11H2,1-2H3,(H,24,26,28)/b16-12+. The number of hydrogen-bond donors (Lipinski definition) is 1. The monoisotopic (exact) mass is 405 g/mol. The van der Waals surface area contributed by atoms with Gasteiger partial charge in [-0.3, -0.25) is 14.9 Å². The summed E-state index contributed by atoms with van der Waals surface area (Å²) in [6.07, 6.45) is 1.99. The van der Waals surface area contributed by atoms with Crippen molar-refractivity contribution in [1.29, 1.82) is 5.26 Å². The summed E-state index contributed by atoms with van der Waals surface area (Å²) in [6.45, 7) is 1.76. The third kappa shape index (κ3) is 4.00. The summed E-state index contributed by atoms with van der Waals surface area (Å²) < 4.78 is 10.5. The molecule has 2 aromatic carbocycles. The summed E-state index contributed by atoms with van der Waals surface area (Å²) >= 11 is 0. The lowest BCUT2D eigenvalue weighted by Gasteiger charge is -2.28. The van der Waals surface area contributed by atoms with Crippen LogP contribution in [0.3, 0.4) is 0 Å². The molecule has 30 heavy (non-hydrogen) atoms. The number of hydrogen-bond acceptors (Lipinski definition) is 6. The van der Waals surface area contributed by atoms with Crippen LogP contribution >= 0.6 is 0 Å². The second-order valence-electron chi connectivity index (χ2n) is 6.30. The van der Waals surface area contributed by atoms with E-state index in [4.69, 9.17) is 14.7 Å². The van der Waals surface area contributed by atoms with Gasteiger partial charge < -0.3 is 9.47 Å². The summed E-state index contributed by atoms with van der Waals surface area (Å²) in [5.74, 6) is -0.797. The number of benzene rings is 2. The number of amides is 4. The number of para-hydroxylation sites is 1. The summed E-state index contributed by atoms with van der Waals surface area (Å²) in [5, 5.41) is 10.9. The van der Waals surface area contributed by atoms with Gasteiger partial charge in [0.25, 0.3) is 11.8 Å². The van der Waals surface area contributed by atoms with Gasteiger partial charge in [-0.2, -0.15) is 5.26 Å². The number of rotatable bonds is 6. The first kappa shape index (κ1) is 20.6. The number of methoxy groups -OCH3 is 1. The molecule has 8 nitrogen and oxygen atoms in total. The molecule has 1 aliphatic rings. The Balaban J connectivity index is 2.00. The number of barbiturate groups is 1. The highest BCUT2D eigenvalue weighted by Crippen LogP contribution is 2.30. The minimum Gasteiger partial charge on any atom is -0.493 e. The fourth-order valence-corrected chi connectivity index (χ4v) is 3.07. The molecule has 1 N–H and O–H groups in total. The van der Waals surface area contributed by atoms with Crippen LogP contribution in [0.25, 0.3) is 6.08 Å². The Kier molecular flexibility index (Phi) is 6.13. The Hall–Kier alpha value is -4.12. The minimum absolute atomic E-state index is 0.147. The number of nitrogens with one attached hydrogen (secondary N) is 1. The Morgan fingerprint density at radius 2 is 1.90 bits per heavy atom. The maximum absolute atomic E-state index is 13.1. The van der Waals surface area contributed by atoms with Crippen LogP contribution in [0.1, 0.15) is 18.1 Å². The molecule has 4 amide bonds. The fraction of sp³-hybridized carbons (Fsp3) is 0.182. The van der Waals surface area contributed by atoms with Gasteiger partial charge in [-0.05, 0) is 41.8 Å². The molecular weight excluding hydrogens is 386 g/mol. The summed E-state index contributed by atoms with van der Waals surface area (Å²) in [6, 6.07) is 12.9. The number of ether oxygens (including phenoxy) is 2. The van der Waals surface area contributed by atoms with Crippen LogP contribution < -0.4 is 19.7 Å². The van der Waals surface area contributed by atoms with Crippen molar-refractivity contribution in [3.63, 3.8) is 0 Å². The van der Waals surface area contributed by atoms with Crippen molar-refractivity contribution in [2.75, 3.05) is 18.6 Å². The van der Waals surface area contributed by atoms with Crippen LogP contribution in [0.15, 0.2) is 48.0 Å². The molecule has 3 rings (SSSR count). The van der Waals surface area contributed by atoms with Gasteiger partial charge >= 0.3 is 6.03 Å². The molecule has 8 heteroatoms. The molecule has 0 aliphatic carbocycles. The molecule has 1 fully saturated rings. The zero-order chi connectivity index (χ0) is 21.7. The van der Waals surface area contributed by atoms with Gasteiger partial charge in [0.1, 0.15) is 11.6 Å². The second kappa shape index (κ2) is 8.92. The van der Waals surface area contributed by atoms with E-state index in [0.717, 1.165) is 10.5 Å². The highest BCUT2D eigenvalue weighted by atomic mass is 16.5. The van der Waals surface area contributed by atoms with E-state index in [0.29, 0.717) is 29.2 Å². The predicted molar refractivity (Wildman–Crippen MR) is 109 cm³/mol. The van der Waals surface area contributed by atoms with Crippen molar-refractivity contribution in [2.45, 2.75) is 13.3 Å². The van der Waals surface area contributed by atoms with Gasteiger partial charge in [-0.15, -0.1) is 0 Å². The van der Waals surface area contributed by atoms with E-state index in [1.54, 1.807) is 30.3 Å². The Bertz CT molecular complexity index is 1080. The molecule has 0 unspecified atom stereocenters. The smallest absolute Gasteiger partial charge is 0.335 e. The number of aryl methyl sites for hydroxylation is 1. The molecule has 0 atom stereocenters. The molecule has 1 heterocycles. The quantitative estimate of drug-likeness (QED) is 0.585. The van der Waals surface area contributed by atoms with Crippen LogP contribution in [0.4, 0.5) is 10.5 Å². The van der Waals surface area contributed by atoms with E-state index in [9.17, 15) is 14.4 Å². The average molecular weight is 405 g/mol. The number of nitrogens with zero attached hydrogens (tertiary/aromatic N) is 2. The molecule has 0 aromatic heterocycles. The lowest BCUT2D eigenvalue weighted by Crippen LogP contribution is -2.54. The normalized spacial score (nSPS) is 15.0. The van der Waals surface area contributed by atoms with Gasteiger partial charge in [0, 0.05) is 0 Å². The molecule has 0 spiro atoms. The highest BCUT2D eigenvalue weighted by molar-refractivity contribution is 6.39. The highest BCUT2D eigenvalue weighted by Gasteiger charge is 2.37. The van der Waals surface area contributed by atoms with Gasteiger partial charge in [0.15, 0.2) is 18.1 Å². The Morgan fingerprint density at radius 1 is 1.13 bits per heavy atom. The van der Waals surface area contributed by atoms with Gasteiger partial charge in [-0.25, -0.2) is 9.69 Å². The number of anilines is 1. The number of urea groups is 1. The van der Waals surface area contributed by atoms with Crippen molar-refractivity contribution in [3.05, 3.63) is 59.2 Å². The van der Waals surface area contributed by atoms with Gasteiger partial charge in [0.2, 0.25) is 0 Å². The van der Waals surface area contributed by atoms with E-state index in [2.05, 4.69) is 5.32 Å². The van der Waals surface area contributed by atoms with Crippen LogP contribution in [0, 0.1) is 11.3 Å². The lowest BCUT2D eigenvalue weighted by molar-refractivity contribution is -0.122. The molecule has 2 aromatic rings. The number of carbonyl (C=O) groups excluding carboxylic acids is 3. The minimum atomic E-state index is -0.791. The van der Waals surface area contributed by atoms with Crippen molar-refractivity contribution in [3.8, 4) is 17.6 Å². The second-order valence-corrected chi connectivity index (χ2v) is 6.30. The first-order chi connectivity index (χ1) is 14.5. The van der Waals surface area contributed by atoms with E-state index in [1.807, 2.05) is 25.1 Å². The van der Waals surface area contributed by atoms with Crippen molar-refractivity contribution in [2.24, 2.45) is 0 Å². The van der Waals surface area contributed by atoms with Crippen molar-refractivity contribution >= 4 is 29.6 Å². The first-order valence-corrected chi connectivity index (χ1v) is 9.17. The molecule has 152 valence electrons. The van der Waals surface area contributed by atoms with Gasteiger partial charge in [-0.1, -0.05) is 31.2 Å². The average Bonchev–Trinajstić information content (AvgIpc) is 2.75. The fourth-order valence-electron chi connectivity index (χ4n) is 3.07. The SMILES string of the molecule is CCc1ccccc1N1C(=O)NC(=O)/C(=C\c2ccc(OCC#N)c(OC)c2)C1=O. The molecule has 1 aliphatic heterocycles. The van der Waals surface area contributed by atoms with Crippen LogP contribution in [-0.4, -0.2) is 31.6 Å². The van der Waals surface area contributed by atoms with Crippen LogP contribution in [-0.2, 0) is 16.0 Å². The van der Waals surface area contributed by atoms with E-state index < -0.39 is 17.8 Å². The van der Waals surface area contributed by atoms with E-state index in [1.165, 1.54) is 13.2 Å². The van der Waals surface area contributed by atoms with Crippen molar-refractivity contribution in [1.82, 2.24) is 5.32 Å². The molecule has 0 saturated carbocycles. The van der Waals surface area contributed by atoms with E-state index >= 15 is 0 Å². The number of carbonyl (C=O) groups is 3. The zero-order valence-electron chi connectivity index (χ0n) is 16.5. The Morgan fingerprint density at radius 3 is 2.60 bits per heavy atom. The van der Waals surface area contributed by atoms with Crippen LogP contribution in [0.5, 0.6) is 11.5 Å². The Labute approximate surface area is 173 Å². The summed E-state index contributed by atoms with van der Waals surface area (Å²) in [4.78, 5) is 38.8. The number of nitriles is 1. The maximum atomic E-state index is 13.1. The lowest BCUT2D eigenvalue weighted by atomic mass is 10.0. The first-order valence-electron chi connectivity index (χ1n) is 9.17. The topological polar surface area (TPSA) is 109 Å². The maximum Gasteiger partial charge on any atom is 0.335 e.